The van der Waals surface area contributed by atoms with E-state index in [2.05, 4.69) is 24.2 Å². The van der Waals surface area contributed by atoms with Crippen LogP contribution >= 0.6 is 0 Å². The molecule has 0 fully saturated rings. The van der Waals surface area contributed by atoms with Crippen molar-refractivity contribution in [2.45, 2.75) is 13.5 Å². The molecular weight excluding hydrogens is 265 g/mol. The maximum atomic E-state index is 13.3. The van der Waals surface area contributed by atoms with Crippen molar-refractivity contribution in [1.82, 2.24) is 9.78 Å². The largest absolute Gasteiger partial charge is 0.396 e. The van der Waals surface area contributed by atoms with Gasteiger partial charge in [-0.3, -0.25) is 4.68 Å². The van der Waals surface area contributed by atoms with Crippen LogP contribution < -0.4 is 5.73 Å². The molecule has 0 amide bonds. The molecule has 1 heterocycles. The number of anilines is 1. The lowest BCUT2D eigenvalue weighted by Gasteiger charge is -2.03. The molecule has 106 valence electrons. The van der Waals surface area contributed by atoms with Gasteiger partial charge in [-0.15, -0.1) is 0 Å². The van der Waals surface area contributed by atoms with Crippen LogP contribution in [0.5, 0.6) is 0 Å². The summed E-state index contributed by atoms with van der Waals surface area (Å²) in [5.74, 6) is -0.292. The maximum absolute atomic E-state index is 13.3. The summed E-state index contributed by atoms with van der Waals surface area (Å²) in [6, 6.07) is 14.5. The number of hydrogen-bond donors (Lipinski definition) is 1. The van der Waals surface area contributed by atoms with E-state index >= 15 is 0 Å². The van der Waals surface area contributed by atoms with Crippen LogP contribution in [0.4, 0.5) is 10.1 Å². The molecule has 0 saturated heterocycles. The van der Waals surface area contributed by atoms with Gasteiger partial charge < -0.3 is 5.73 Å². The van der Waals surface area contributed by atoms with Crippen molar-refractivity contribution in [2.75, 3.05) is 5.73 Å². The van der Waals surface area contributed by atoms with Crippen molar-refractivity contribution in [1.29, 1.82) is 0 Å². The number of aromatic nitrogens is 2. The molecule has 4 heteroatoms. The van der Waals surface area contributed by atoms with Gasteiger partial charge in [-0.2, -0.15) is 5.10 Å². The normalized spacial score (nSPS) is 10.8. The highest BCUT2D eigenvalue weighted by Crippen LogP contribution is 2.24. The van der Waals surface area contributed by atoms with E-state index in [9.17, 15) is 4.39 Å². The number of nitrogens with zero attached hydrogens (tertiary/aromatic N) is 2. The monoisotopic (exact) mass is 281 g/mol. The van der Waals surface area contributed by atoms with Crippen LogP contribution in [0.15, 0.2) is 54.7 Å². The van der Waals surface area contributed by atoms with Crippen molar-refractivity contribution in [3.05, 3.63) is 71.7 Å². The Balaban J connectivity index is 1.91. The van der Waals surface area contributed by atoms with Crippen LogP contribution in [0.1, 0.15) is 11.1 Å². The SMILES string of the molecule is Cc1cccc(Cn2cc(N)c(-c3cccc(F)c3)n2)c1. The number of nitrogen functional groups attached to an aromatic ring is 1. The average Bonchev–Trinajstić information content (AvgIpc) is 2.79. The Kier molecular flexibility index (Phi) is 3.44. The number of nitrogens with two attached hydrogens (primary N) is 1. The smallest absolute Gasteiger partial charge is 0.123 e. The highest BCUT2D eigenvalue weighted by atomic mass is 19.1. The molecule has 0 radical (unpaired) electrons. The molecule has 0 spiro atoms. The van der Waals surface area contributed by atoms with Crippen molar-refractivity contribution in [2.24, 2.45) is 0 Å². The van der Waals surface area contributed by atoms with Gasteiger partial charge in [-0.25, -0.2) is 4.39 Å². The molecule has 0 aliphatic carbocycles. The summed E-state index contributed by atoms with van der Waals surface area (Å²) >= 11 is 0. The zero-order valence-corrected chi connectivity index (χ0v) is 11.8. The van der Waals surface area contributed by atoms with Crippen molar-refractivity contribution >= 4 is 5.69 Å². The first-order valence-corrected chi connectivity index (χ1v) is 6.76. The molecular formula is C17H16FN3. The van der Waals surface area contributed by atoms with E-state index in [0.717, 1.165) is 5.56 Å². The Hall–Kier alpha value is -2.62. The van der Waals surface area contributed by atoms with Gasteiger partial charge in [-0.05, 0) is 24.6 Å². The van der Waals surface area contributed by atoms with Gasteiger partial charge in [0.15, 0.2) is 0 Å². The zero-order valence-electron chi connectivity index (χ0n) is 11.8. The first-order valence-electron chi connectivity index (χ1n) is 6.76. The summed E-state index contributed by atoms with van der Waals surface area (Å²) in [5, 5.41) is 4.47. The van der Waals surface area contributed by atoms with E-state index in [-0.39, 0.29) is 5.82 Å². The summed E-state index contributed by atoms with van der Waals surface area (Å²) in [7, 11) is 0. The minimum Gasteiger partial charge on any atom is -0.396 e. The first kappa shape index (κ1) is 13.4. The second-order valence-electron chi connectivity index (χ2n) is 5.13. The minimum atomic E-state index is -0.292. The number of halogens is 1. The number of hydrogen-bond acceptors (Lipinski definition) is 2. The molecule has 3 rings (SSSR count). The number of aryl methyl sites for hydroxylation is 1. The molecule has 0 atom stereocenters. The average molecular weight is 281 g/mol. The molecule has 0 saturated carbocycles. The Labute approximate surface area is 122 Å². The molecule has 0 aliphatic heterocycles. The van der Waals surface area contributed by atoms with E-state index in [1.54, 1.807) is 23.0 Å². The van der Waals surface area contributed by atoms with Crippen molar-refractivity contribution in [3.63, 3.8) is 0 Å². The molecule has 21 heavy (non-hydrogen) atoms. The van der Waals surface area contributed by atoms with Crippen LogP contribution in [0.3, 0.4) is 0 Å². The van der Waals surface area contributed by atoms with E-state index in [1.165, 1.54) is 17.7 Å². The van der Waals surface area contributed by atoms with E-state index < -0.39 is 0 Å². The topological polar surface area (TPSA) is 43.8 Å². The summed E-state index contributed by atoms with van der Waals surface area (Å²) < 4.78 is 15.1. The molecule has 3 nitrogen and oxygen atoms in total. The summed E-state index contributed by atoms with van der Waals surface area (Å²) in [6.45, 7) is 2.69. The summed E-state index contributed by atoms with van der Waals surface area (Å²) in [4.78, 5) is 0. The van der Waals surface area contributed by atoms with Crippen LogP contribution in [0.25, 0.3) is 11.3 Å². The number of rotatable bonds is 3. The Morgan fingerprint density at radius 3 is 2.71 bits per heavy atom. The van der Waals surface area contributed by atoms with Gasteiger partial charge in [0.2, 0.25) is 0 Å². The molecule has 0 bridgehead atoms. The van der Waals surface area contributed by atoms with Gasteiger partial charge in [0.25, 0.3) is 0 Å². The van der Waals surface area contributed by atoms with Gasteiger partial charge in [0.1, 0.15) is 11.5 Å². The lowest BCUT2D eigenvalue weighted by Crippen LogP contribution is -2.00. The lowest BCUT2D eigenvalue weighted by molar-refractivity contribution is 0.628. The third-order valence-corrected chi connectivity index (χ3v) is 3.32. The second-order valence-corrected chi connectivity index (χ2v) is 5.13. The third-order valence-electron chi connectivity index (χ3n) is 3.32. The number of benzene rings is 2. The third kappa shape index (κ3) is 2.94. The van der Waals surface area contributed by atoms with Crippen molar-refractivity contribution < 1.29 is 4.39 Å². The van der Waals surface area contributed by atoms with Crippen LogP contribution in [-0.2, 0) is 6.54 Å². The van der Waals surface area contributed by atoms with E-state index in [4.69, 9.17) is 5.73 Å². The molecule has 0 unspecified atom stereocenters. The summed E-state index contributed by atoms with van der Waals surface area (Å²) in [5.41, 5.74) is 10.2. The Morgan fingerprint density at radius 1 is 1.14 bits per heavy atom. The van der Waals surface area contributed by atoms with Crippen LogP contribution in [0, 0.1) is 12.7 Å². The van der Waals surface area contributed by atoms with Gasteiger partial charge in [-0.1, -0.05) is 42.0 Å². The highest BCUT2D eigenvalue weighted by molar-refractivity contribution is 5.71. The fraction of sp³-hybridized carbons (Fsp3) is 0.118. The highest BCUT2D eigenvalue weighted by Gasteiger charge is 2.09. The minimum absolute atomic E-state index is 0.292. The molecule has 2 N–H and O–H groups in total. The fourth-order valence-electron chi connectivity index (χ4n) is 2.38. The Bertz CT molecular complexity index is 777. The molecule has 0 aliphatic rings. The Morgan fingerprint density at radius 2 is 1.95 bits per heavy atom. The fourth-order valence-corrected chi connectivity index (χ4v) is 2.38. The molecule has 2 aromatic carbocycles. The maximum Gasteiger partial charge on any atom is 0.123 e. The van der Waals surface area contributed by atoms with Crippen molar-refractivity contribution in [3.8, 4) is 11.3 Å². The first-order chi connectivity index (χ1) is 10.1. The quantitative estimate of drug-likeness (QED) is 0.796. The van der Waals surface area contributed by atoms with E-state index in [1.807, 2.05) is 12.1 Å². The standard InChI is InChI=1S/C17H16FN3/c1-12-4-2-5-13(8-12)10-21-11-16(19)17(20-21)14-6-3-7-15(18)9-14/h2-9,11H,10,19H2,1H3. The van der Waals surface area contributed by atoms with Crippen LogP contribution in [0.2, 0.25) is 0 Å². The molecule has 1 aromatic heterocycles. The zero-order chi connectivity index (χ0) is 14.8. The van der Waals surface area contributed by atoms with Gasteiger partial charge in [0.05, 0.1) is 12.2 Å². The van der Waals surface area contributed by atoms with Gasteiger partial charge >= 0.3 is 0 Å². The predicted octanol–water partition coefficient (Wildman–Crippen LogP) is 3.63. The van der Waals surface area contributed by atoms with E-state index in [0.29, 0.717) is 23.5 Å². The van der Waals surface area contributed by atoms with Crippen LogP contribution in [-0.4, -0.2) is 9.78 Å². The second kappa shape index (κ2) is 5.40. The molecule has 3 aromatic rings. The van der Waals surface area contributed by atoms with Gasteiger partial charge in [0, 0.05) is 11.8 Å². The summed E-state index contributed by atoms with van der Waals surface area (Å²) in [6.07, 6.45) is 1.78. The lowest BCUT2D eigenvalue weighted by atomic mass is 10.1. The predicted molar refractivity (Wildman–Crippen MR) is 82.3 cm³/mol.